The third-order valence-electron chi connectivity index (χ3n) is 5.35. The van der Waals surface area contributed by atoms with Crippen LogP contribution in [0.15, 0.2) is 48.5 Å². The summed E-state index contributed by atoms with van der Waals surface area (Å²) >= 11 is 0. The summed E-state index contributed by atoms with van der Waals surface area (Å²) in [4.78, 5) is 2.50. The van der Waals surface area contributed by atoms with Crippen LogP contribution in [-0.2, 0) is 6.54 Å². The van der Waals surface area contributed by atoms with Gasteiger partial charge in [-0.25, -0.2) is 0 Å². The molecule has 0 spiro atoms. The maximum absolute atomic E-state index is 8.96. The fourth-order valence-corrected chi connectivity index (χ4v) is 3.46. The van der Waals surface area contributed by atoms with Crippen LogP contribution in [0.3, 0.4) is 0 Å². The molecule has 2 aromatic rings. The molecule has 3 heteroatoms. The number of nitrogens with zero attached hydrogens (tertiary/aromatic N) is 2. The maximum atomic E-state index is 8.96. The summed E-state index contributed by atoms with van der Waals surface area (Å²) in [5.74, 6) is 0.883. The molecule has 0 aliphatic carbocycles. The summed E-state index contributed by atoms with van der Waals surface area (Å²) in [5, 5.41) is 8.96. The SMILES string of the molecule is COc1ccc(-c2ccc(CN3CCC(C)(CC#N)CC3)cc2)cc1. The Morgan fingerprint density at radius 1 is 1.00 bits per heavy atom. The molecule has 0 aromatic heterocycles. The van der Waals surface area contributed by atoms with Crippen molar-refractivity contribution in [3.8, 4) is 22.9 Å². The minimum atomic E-state index is 0.212. The first kappa shape index (κ1) is 17.5. The second-order valence-electron chi connectivity index (χ2n) is 7.35. The Morgan fingerprint density at radius 3 is 2.08 bits per heavy atom. The van der Waals surface area contributed by atoms with Gasteiger partial charge in [-0.05, 0) is 60.2 Å². The molecule has 1 aliphatic rings. The molecule has 2 aromatic carbocycles. The van der Waals surface area contributed by atoms with Crippen LogP contribution in [0.4, 0.5) is 0 Å². The number of rotatable bonds is 5. The number of ether oxygens (including phenoxy) is 1. The van der Waals surface area contributed by atoms with E-state index < -0.39 is 0 Å². The van der Waals surface area contributed by atoms with Gasteiger partial charge in [-0.2, -0.15) is 5.26 Å². The first-order chi connectivity index (χ1) is 12.1. The summed E-state index contributed by atoms with van der Waals surface area (Å²) in [6, 6.07) is 19.4. The monoisotopic (exact) mass is 334 g/mol. The van der Waals surface area contributed by atoms with Crippen LogP contribution in [0.5, 0.6) is 5.75 Å². The highest BCUT2D eigenvalue weighted by Gasteiger charge is 2.29. The van der Waals surface area contributed by atoms with Gasteiger partial charge in [-0.15, -0.1) is 0 Å². The molecule has 1 heterocycles. The van der Waals surface area contributed by atoms with Gasteiger partial charge in [0.05, 0.1) is 13.2 Å². The molecule has 0 bridgehead atoms. The van der Waals surface area contributed by atoms with E-state index in [1.165, 1.54) is 16.7 Å². The van der Waals surface area contributed by atoms with Crippen molar-refractivity contribution in [2.24, 2.45) is 5.41 Å². The van der Waals surface area contributed by atoms with Crippen molar-refractivity contribution < 1.29 is 4.74 Å². The van der Waals surface area contributed by atoms with Gasteiger partial charge in [0.1, 0.15) is 5.75 Å². The fourth-order valence-electron chi connectivity index (χ4n) is 3.46. The second kappa shape index (κ2) is 7.72. The number of methoxy groups -OCH3 is 1. The van der Waals surface area contributed by atoms with Crippen molar-refractivity contribution in [1.82, 2.24) is 4.90 Å². The van der Waals surface area contributed by atoms with Crippen LogP contribution in [-0.4, -0.2) is 25.1 Å². The van der Waals surface area contributed by atoms with Crippen molar-refractivity contribution in [1.29, 1.82) is 5.26 Å². The van der Waals surface area contributed by atoms with Gasteiger partial charge >= 0.3 is 0 Å². The highest BCUT2D eigenvalue weighted by molar-refractivity contribution is 5.64. The lowest BCUT2D eigenvalue weighted by Crippen LogP contribution is -2.38. The molecule has 1 aliphatic heterocycles. The van der Waals surface area contributed by atoms with E-state index in [-0.39, 0.29) is 5.41 Å². The van der Waals surface area contributed by atoms with Crippen LogP contribution in [0, 0.1) is 16.7 Å². The molecule has 1 saturated heterocycles. The van der Waals surface area contributed by atoms with Crippen LogP contribution in [0.2, 0.25) is 0 Å². The van der Waals surface area contributed by atoms with E-state index in [0.29, 0.717) is 6.42 Å². The fraction of sp³-hybridized carbons (Fsp3) is 0.409. The number of hydrogen-bond acceptors (Lipinski definition) is 3. The summed E-state index contributed by atoms with van der Waals surface area (Å²) in [6.45, 7) is 5.40. The third-order valence-corrected chi connectivity index (χ3v) is 5.35. The molecule has 0 amide bonds. The Labute approximate surface area is 150 Å². The number of likely N-dealkylation sites (tertiary alicyclic amines) is 1. The average molecular weight is 334 g/mol. The summed E-state index contributed by atoms with van der Waals surface area (Å²) < 4.78 is 5.22. The van der Waals surface area contributed by atoms with Crippen molar-refractivity contribution >= 4 is 0 Å². The van der Waals surface area contributed by atoms with Crippen molar-refractivity contribution in [2.75, 3.05) is 20.2 Å². The predicted octanol–water partition coefficient (Wildman–Crippen LogP) is 4.88. The van der Waals surface area contributed by atoms with Crippen LogP contribution in [0.1, 0.15) is 31.7 Å². The molecule has 0 unspecified atom stereocenters. The second-order valence-corrected chi connectivity index (χ2v) is 7.35. The van der Waals surface area contributed by atoms with Gasteiger partial charge in [-0.3, -0.25) is 4.90 Å². The summed E-state index contributed by atoms with van der Waals surface area (Å²) in [6.07, 6.45) is 2.91. The lowest BCUT2D eigenvalue weighted by atomic mass is 9.78. The van der Waals surface area contributed by atoms with Gasteiger partial charge in [0.15, 0.2) is 0 Å². The normalized spacial score (nSPS) is 17.0. The quantitative estimate of drug-likeness (QED) is 0.782. The topological polar surface area (TPSA) is 36.3 Å². The minimum Gasteiger partial charge on any atom is -0.497 e. The van der Waals surface area contributed by atoms with Crippen molar-refractivity contribution in [2.45, 2.75) is 32.7 Å². The smallest absolute Gasteiger partial charge is 0.118 e. The highest BCUT2D eigenvalue weighted by Crippen LogP contribution is 2.34. The summed E-state index contributed by atoms with van der Waals surface area (Å²) in [5.41, 5.74) is 3.99. The maximum Gasteiger partial charge on any atom is 0.118 e. The molecule has 1 fully saturated rings. The number of hydrogen-bond donors (Lipinski definition) is 0. The molecule has 0 atom stereocenters. The van der Waals surface area contributed by atoms with E-state index in [1.807, 2.05) is 12.1 Å². The number of benzene rings is 2. The van der Waals surface area contributed by atoms with E-state index >= 15 is 0 Å². The van der Waals surface area contributed by atoms with E-state index in [2.05, 4.69) is 54.3 Å². The van der Waals surface area contributed by atoms with Gasteiger partial charge < -0.3 is 4.74 Å². The number of nitriles is 1. The van der Waals surface area contributed by atoms with Gasteiger partial charge in [0.2, 0.25) is 0 Å². The molecule has 130 valence electrons. The van der Waals surface area contributed by atoms with E-state index in [1.54, 1.807) is 7.11 Å². The van der Waals surface area contributed by atoms with Crippen LogP contribution < -0.4 is 4.74 Å². The van der Waals surface area contributed by atoms with Gasteiger partial charge in [-0.1, -0.05) is 43.3 Å². The predicted molar refractivity (Wildman–Crippen MR) is 101 cm³/mol. The Balaban J connectivity index is 1.59. The zero-order chi connectivity index (χ0) is 17.7. The number of piperidine rings is 1. The first-order valence-electron chi connectivity index (χ1n) is 8.95. The molecule has 25 heavy (non-hydrogen) atoms. The van der Waals surface area contributed by atoms with Crippen LogP contribution >= 0.6 is 0 Å². The Hall–Kier alpha value is -2.31. The third kappa shape index (κ3) is 4.41. The molecular weight excluding hydrogens is 308 g/mol. The largest absolute Gasteiger partial charge is 0.497 e. The standard InChI is InChI=1S/C22H26N2O/c1-22(11-14-23)12-15-24(16-13-22)17-18-3-5-19(6-4-18)20-7-9-21(25-2)10-8-20/h3-10H,11-13,15-17H2,1-2H3. The first-order valence-corrected chi connectivity index (χ1v) is 8.95. The lowest BCUT2D eigenvalue weighted by molar-refractivity contribution is 0.116. The van der Waals surface area contributed by atoms with Crippen LogP contribution in [0.25, 0.3) is 11.1 Å². The van der Waals surface area contributed by atoms with E-state index in [9.17, 15) is 0 Å². The molecule has 0 radical (unpaired) electrons. The average Bonchev–Trinajstić information content (AvgIpc) is 2.65. The molecular formula is C22H26N2O. The van der Waals surface area contributed by atoms with E-state index in [4.69, 9.17) is 10.00 Å². The Morgan fingerprint density at radius 2 is 1.56 bits per heavy atom. The van der Waals surface area contributed by atoms with Gasteiger partial charge in [0, 0.05) is 13.0 Å². The molecule has 3 nitrogen and oxygen atoms in total. The summed E-state index contributed by atoms with van der Waals surface area (Å²) in [7, 11) is 1.69. The zero-order valence-electron chi connectivity index (χ0n) is 15.2. The lowest BCUT2D eigenvalue weighted by Gasteiger charge is -2.38. The Bertz CT molecular complexity index is 720. The van der Waals surface area contributed by atoms with E-state index in [0.717, 1.165) is 38.2 Å². The minimum absolute atomic E-state index is 0.212. The van der Waals surface area contributed by atoms with Crippen molar-refractivity contribution in [3.63, 3.8) is 0 Å². The molecule has 0 saturated carbocycles. The van der Waals surface area contributed by atoms with Crippen molar-refractivity contribution in [3.05, 3.63) is 54.1 Å². The Kier molecular flexibility index (Phi) is 5.40. The molecule has 0 N–H and O–H groups in total. The molecule has 3 rings (SSSR count). The highest BCUT2D eigenvalue weighted by atomic mass is 16.5. The zero-order valence-corrected chi connectivity index (χ0v) is 15.2. The van der Waals surface area contributed by atoms with Gasteiger partial charge in [0.25, 0.3) is 0 Å².